The minimum atomic E-state index is -3.70. The maximum absolute atomic E-state index is 7.35. The van der Waals surface area contributed by atoms with Crippen LogP contribution in [0.15, 0.2) is 0 Å². The molecule has 0 radical (unpaired) electrons. The Morgan fingerprint density at radius 1 is 2.00 bits per heavy atom. The fourth-order valence-corrected chi connectivity index (χ4v) is 0.765. The molecule has 1 fully saturated rings. The third-order valence-corrected chi connectivity index (χ3v) is 1.20. The van der Waals surface area contributed by atoms with Crippen LogP contribution in [0.2, 0.25) is 12.0 Å². The topological polar surface area (TPSA) is 0 Å². The van der Waals surface area contributed by atoms with Gasteiger partial charge in [0.15, 0.2) is 0 Å². The lowest BCUT2D eigenvalue weighted by Crippen LogP contribution is -1.68. The van der Waals surface area contributed by atoms with Crippen molar-refractivity contribution in [3.8, 4) is 0 Å². The number of hydrogen-bond acceptors (Lipinski definition) is 0. The normalized spacial score (nSPS) is 89.6. The maximum Gasteiger partial charge on any atom is 0.0263 e. The van der Waals surface area contributed by atoms with E-state index in [0.29, 0.717) is 0 Å². The lowest BCUT2D eigenvalue weighted by Gasteiger charge is -1.68. The molecule has 1 heterocycles. The van der Waals surface area contributed by atoms with Crippen LogP contribution in [-0.2, 0) is 0 Å². The highest BCUT2D eigenvalue weighted by Crippen LogP contribution is 2.09. The molecule has 0 nitrogen and oxygen atoms in total. The average molecular weight is 93.3 g/mol. The zero-order valence-corrected chi connectivity index (χ0v) is 3.78. The highest BCUT2D eigenvalue weighted by molar-refractivity contribution is 6.36. The second kappa shape index (κ2) is 1.60. The second-order valence-corrected chi connectivity index (χ2v) is 1.87. The van der Waals surface area contributed by atoms with Crippen LogP contribution in [0.3, 0.4) is 0 Å². The van der Waals surface area contributed by atoms with Crippen LogP contribution < -0.4 is 0 Å². The largest absolute Gasteiger partial charge is 0.0628 e. The van der Waals surface area contributed by atoms with E-state index in [0.717, 1.165) is 0 Å². The standard InChI is InChI=1S/C4H10Si/c1-2-4-5-3-1/h1-5H2/i1D,2D2,4D2,5D2. The van der Waals surface area contributed by atoms with Crippen molar-refractivity contribution < 1.29 is 6.85 Å². The van der Waals surface area contributed by atoms with Crippen molar-refractivity contribution in [1.29, 1.82) is 2.47 Å². The van der Waals surface area contributed by atoms with Gasteiger partial charge in [-0.1, -0.05) is 24.8 Å². The Morgan fingerprint density at radius 3 is 3.20 bits per heavy atom. The van der Waals surface area contributed by atoms with Crippen molar-refractivity contribution in [2.24, 2.45) is 0 Å². The van der Waals surface area contributed by atoms with Crippen LogP contribution in [0.1, 0.15) is 19.6 Å². The molecular weight excluding hydrogens is 76.1 g/mol. The van der Waals surface area contributed by atoms with Crippen LogP contribution in [0.25, 0.3) is 0 Å². The first-order valence-electron chi connectivity index (χ1n) is 5.13. The summed E-state index contributed by atoms with van der Waals surface area (Å²) in [5, 5.41) is 0. The van der Waals surface area contributed by atoms with E-state index in [1.165, 1.54) is 0 Å². The molecule has 5 heavy (non-hydrogen) atoms. The Kier molecular flexibility index (Phi) is 0.199. The molecular formula is C4H10Si. The van der Waals surface area contributed by atoms with Gasteiger partial charge in [0.1, 0.15) is 0 Å². The Labute approximate surface area is 44.9 Å². The minimum Gasteiger partial charge on any atom is -0.0628 e. The van der Waals surface area contributed by atoms with E-state index in [4.69, 9.17) is 9.32 Å². The van der Waals surface area contributed by atoms with Gasteiger partial charge < -0.3 is 0 Å². The summed E-state index contributed by atoms with van der Waals surface area (Å²) in [5.74, 6) is -2.42. The SMILES string of the molecule is [2H]C1C[Si]([2H])([2H])C([2H])([2H])C1([2H])[2H]. The molecule has 0 saturated carbocycles. The fraction of sp³-hybridized carbons (Fsp3) is 1.00. The van der Waals surface area contributed by atoms with Gasteiger partial charge in [-0.05, 0) is 0 Å². The third kappa shape index (κ3) is 0.761. The summed E-state index contributed by atoms with van der Waals surface area (Å²) in [5.41, 5.74) is 0. The first-order valence-corrected chi connectivity index (χ1v) is 2.76. The highest BCUT2D eigenvalue weighted by atomic mass is 28.2. The smallest absolute Gasteiger partial charge is 0.0263 e. The van der Waals surface area contributed by atoms with Crippen LogP contribution in [0.4, 0.5) is 0 Å². The van der Waals surface area contributed by atoms with Gasteiger partial charge in [0.25, 0.3) is 0 Å². The second-order valence-electron chi connectivity index (χ2n) is 0.854. The summed E-state index contributed by atoms with van der Waals surface area (Å²) in [7, 11) is -3.70. The van der Waals surface area contributed by atoms with Gasteiger partial charge in [-0.2, -0.15) is 0 Å². The zero-order valence-electron chi connectivity index (χ0n) is 9.78. The van der Waals surface area contributed by atoms with Gasteiger partial charge in [-0.25, -0.2) is 0 Å². The molecule has 1 atom stereocenters. The highest BCUT2D eigenvalue weighted by Gasteiger charge is 1.96. The summed E-state index contributed by atoms with van der Waals surface area (Å²) < 4.78 is 51.0. The predicted octanol–water partition coefficient (Wildman–Crippen LogP) is 0.786. The Bertz CT molecular complexity index is 200. The molecule has 1 aliphatic rings. The monoisotopic (exact) mass is 93.1 g/mol. The molecule has 0 spiro atoms. The molecule has 0 aromatic rings. The Balaban J connectivity index is 3.10. The van der Waals surface area contributed by atoms with E-state index in [9.17, 15) is 0 Å². The van der Waals surface area contributed by atoms with Gasteiger partial charge in [0.2, 0.25) is 0 Å². The minimum absolute atomic E-state index is 0.243. The Morgan fingerprint density at radius 2 is 3.00 bits per heavy atom. The lowest BCUT2D eigenvalue weighted by atomic mass is 10.4. The molecule has 0 aromatic carbocycles. The lowest BCUT2D eigenvalue weighted by molar-refractivity contribution is 0.935. The van der Waals surface area contributed by atoms with E-state index in [-0.39, 0.29) is 6.04 Å². The third-order valence-electron chi connectivity index (χ3n) is 0.467. The number of hydrogen-bond donors (Lipinski definition) is 0. The van der Waals surface area contributed by atoms with Gasteiger partial charge in [-0.15, -0.1) is 0 Å². The van der Waals surface area contributed by atoms with Crippen LogP contribution >= 0.6 is 0 Å². The van der Waals surface area contributed by atoms with Crippen LogP contribution in [-0.4, -0.2) is 11.9 Å². The molecule has 30 valence electrons. The molecule has 1 rings (SSSR count). The first kappa shape index (κ1) is 0.622. The molecule has 1 aliphatic heterocycles. The van der Waals surface area contributed by atoms with Crippen molar-refractivity contribution >= 4 is 9.38 Å². The maximum atomic E-state index is 7.35. The molecule has 1 unspecified atom stereocenters. The molecule has 1 heteroatoms. The van der Waals surface area contributed by atoms with Crippen molar-refractivity contribution in [1.82, 2.24) is 0 Å². The Hall–Kier alpha value is 0.217. The molecule has 1 saturated heterocycles. The van der Waals surface area contributed by atoms with E-state index in [2.05, 4.69) is 0 Å². The van der Waals surface area contributed by atoms with Crippen molar-refractivity contribution in [2.75, 3.05) is 0 Å². The average Bonchev–Trinajstić information content (AvgIpc) is 1.92. The van der Waals surface area contributed by atoms with Gasteiger partial charge in [-0.3, -0.25) is 0 Å². The van der Waals surface area contributed by atoms with Crippen molar-refractivity contribution in [3.05, 3.63) is 0 Å². The predicted molar refractivity (Wildman–Crippen MR) is 27.4 cm³/mol. The summed E-state index contributed by atoms with van der Waals surface area (Å²) >= 11 is 0. The van der Waals surface area contributed by atoms with Crippen LogP contribution in [0.5, 0.6) is 0 Å². The summed E-state index contributed by atoms with van der Waals surface area (Å²) in [6.07, 6.45) is -3.59. The summed E-state index contributed by atoms with van der Waals surface area (Å²) in [6, 6.07) is -0.243. The van der Waals surface area contributed by atoms with E-state index < -0.39 is 28.2 Å². The molecule has 0 amide bonds. The van der Waals surface area contributed by atoms with Crippen LogP contribution in [0, 0.1) is 0 Å². The zero-order chi connectivity index (χ0) is 9.78. The molecule has 0 bridgehead atoms. The summed E-state index contributed by atoms with van der Waals surface area (Å²) in [4.78, 5) is 0. The molecule has 0 N–H and O–H groups in total. The van der Waals surface area contributed by atoms with Crippen molar-refractivity contribution in [3.63, 3.8) is 0 Å². The molecule has 0 aliphatic carbocycles. The first-order chi connectivity index (χ1) is 5.13. The summed E-state index contributed by atoms with van der Waals surface area (Å²) in [6.45, 7) is 0. The van der Waals surface area contributed by atoms with Gasteiger partial charge in [0, 0.05) is 18.7 Å². The quantitative estimate of drug-likeness (QED) is 0.388. The molecule has 0 aromatic heterocycles. The van der Waals surface area contributed by atoms with Crippen molar-refractivity contribution in [2.45, 2.75) is 24.8 Å². The fourth-order valence-electron chi connectivity index (χ4n) is 0.255. The van der Waals surface area contributed by atoms with E-state index in [1.54, 1.807) is 0 Å². The van der Waals surface area contributed by atoms with E-state index >= 15 is 0 Å². The van der Waals surface area contributed by atoms with Gasteiger partial charge >= 0.3 is 0 Å². The van der Waals surface area contributed by atoms with Gasteiger partial charge in [0.05, 0.1) is 0 Å². The number of rotatable bonds is 0. The van der Waals surface area contributed by atoms with E-state index in [1.807, 2.05) is 0 Å².